The first kappa shape index (κ1) is 20.3. The van der Waals surface area contributed by atoms with Crippen molar-refractivity contribution in [2.24, 2.45) is 0 Å². The molecule has 0 spiro atoms. The van der Waals surface area contributed by atoms with Crippen molar-refractivity contribution in [3.05, 3.63) is 90.0 Å². The lowest BCUT2D eigenvalue weighted by molar-refractivity contribution is 0.153. The summed E-state index contributed by atoms with van der Waals surface area (Å²) in [6.07, 6.45) is 7.32. The Bertz CT molecular complexity index is 830. The van der Waals surface area contributed by atoms with Gasteiger partial charge in [-0.3, -0.25) is 14.9 Å². The molecule has 1 saturated heterocycles. The minimum absolute atomic E-state index is 0. The molecular formula is C22H25ClN4O. The van der Waals surface area contributed by atoms with E-state index in [1.54, 1.807) is 12.4 Å². The average Bonchev–Trinajstić information content (AvgIpc) is 2.75. The van der Waals surface area contributed by atoms with E-state index >= 15 is 0 Å². The van der Waals surface area contributed by atoms with Crippen molar-refractivity contribution < 1.29 is 4.74 Å². The summed E-state index contributed by atoms with van der Waals surface area (Å²) in [6, 6.07) is 17.0. The Kier molecular flexibility index (Phi) is 7.37. The number of aromatic nitrogens is 2. The first-order valence-corrected chi connectivity index (χ1v) is 9.34. The molecule has 1 N–H and O–H groups in total. The Morgan fingerprint density at radius 1 is 0.893 bits per heavy atom. The average molecular weight is 397 g/mol. The minimum Gasteiger partial charge on any atom is -0.489 e. The van der Waals surface area contributed by atoms with Crippen LogP contribution in [0.1, 0.15) is 22.7 Å². The highest BCUT2D eigenvalue weighted by atomic mass is 35.5. The number of ether oxygens (including phenoxy) is 1. The summed E-state index contributed by atoms with van der Waals surface area (Å²) in [7, 11) is 0. The van der Waals surface area contributed by atoms with Crippen LogP contribution in [-0.2, 0) is 13.2 Å². The van der Waals surface area contributed by atoms with E-state index in [1.165, 1.54) is 11.1 Å². The number of rotatable bonds is 6. The van der Waals surface area contributed by atoms with Gasteiger partial charge in [0.15, 0.2) is 0 Å². The fourth-order valence-corrected chi connectivity index (χ4v) is 3.42. The third-order valence-corrected chi connectivity index (χ3v) is 4.91. The Hall–Kier alpha value is -2.47. The fourth-order valence-electron chi connectivity index (χ4n) is 3.42. The van der Waals surface area contributed by atoms with E-state index in [-0.39, 0.29) is 12.4 Å². The highest BCUT2D eigenvalue weighted by Gasteiger charge is 2.23. The molecule has 4 rings (SSSR count). The number of benzene rings is 1. The maximum Gasteiger partial charge on any atom is 0.119 e. The molecule has 3 aromatic rings. The summed E-state index contributed by atoms with van der Waals surface area (Å²) in [5.41, 5.74) is 3.73. The molecule has 2 aromatic heterocycles. The molecule has 1 fully saturated rings. The summed E-state index contributed by atoms with van der Waals surface area (Å²) in [6.45, 7) is 4.52. The zero-order valence-electron chi connectivity index (χ0n) is 15.7. The highest BCUT2D eigenvalue weighted by molar-refractivity contribution is 5.85. The van der Waals surface area contributed by atoms with E-state index in [2.05, 4.69) is 56.6 Å². The van der Waals surface area contributed by atoms with Gasteiger partial charge in [0.25, 0.3) is 0 Å². The zero-order valence-corrected chi connectivity index (χ0v) is 16.5. The lowest BCUT2D eigenvalue weighted by Gasteiger charge is -2.36. The molecule has 0 amide bonds. The zero-order chi connectivity index (χ0) is 18.3. The minimum atomic E-state index is 0. The molecule has 5 nitrogen and oxygen atoms in total. The van der Waals surface area contributed by atoms with Crippen LogP contribution in [-0.4, -0.2) is 34.5 Å². The van der Waals surface area contributed by atoms with Crippen LogP contribution >= 0.6 is 12.4 Å². The maximum absolute atomic E-state index is 5.87. The van der Waals surface area contributed by atoms with Crippen LogP contribution in [0.2, 0.25) is 0 Å². The van der Waals surface area contributed by atoms with E-state index in [0.717, 1.165) is 37.5 Å². The largest absolute Gasteiger partial charge is 0.489 e. The van der Waals surface area contributed by atoms with Crippen LogP contribution in [0.3, 0.4) is 0 Å². The van der Waals surface area contributed by atoms with E-state index in [0.29, 0.717) is 12.6 Å². The van der Waals surface area contributed by atoms with E-state index < -0.39 is 0 Å². The predicted octanol–water partition coefficient (Wildman–Crippen LogP) is 3.62. The van der Waals surface area contributed by atoms with Gasteiger partial charge < -0.3 is 10.1 Å². The van der Waals surface area contributed by atoms with Crippen molar-refractivity contribution in [2.75, 3.05) is 19.6 Å². The Morgan fingerprint density at radius 2 is 1.57 bits per heavy atom. The second-order valence-corrected chi connectivity index (χ2v) is 6.76. The Balaban J connectivity index is 0.00000225. The molecule has 6 heteroatoms. The van der Waals surface area contributed by atoms with Gasteiger partial charge in [-0.25, -0.2) is 0 Å². The first-order valence-electron chi connectivity index (χ1n) is 9.34. The van der Waals surface area contributed by atoms with Gasteiger partial charge in [0, 0.05) is 57.0 Å². The van der Waals surface area contributed by atoms with Crippen molar-refractivity contribution in [2.45, 2.75) is 19.2 Å². The second kappa shape index (κ2) is 10.2. The molecule has 0 saturated carbocycles. The summed E-state index contributed by atoms with van der Waals surface area (Å²) in [5, 5.41) is 3.50. The molecule has 1 unspecified atom stereocenters. The smallest absolute Gasteiger partial charge is 0.119 e. The Labute approximate surface area is 172 Å². The van der Waals surface area contributed by atoms with Gasteiger partial charge in [-0.15, -0.1) is 12.4 Å². The van der Waals surface area contributed by atoms with Crippen molar-refractivity contribution in [3.63, 3.8) is 0 Å². The van der Waals surface area contributed by atoms with Crippen LogP contribution in [0.25, 0.3) is 0 Å². The molecule has 1 atom stereocenters. The van der Waals surface area contributed by atoms with Crippen LogP contribution in [0.5, 0.6) is 5.75 Å². The standard InChI is InChI=1S/C22H24N4O.ClH/c1-3-21(27-17-19-5-9-23-10-6-19)4-2-18(1)16-26-14-13-25-15-22(26)20-7-11-24-12-8-20;/h1-12,22,25H,13-17H2;1H. The van der Waals surface area contributed by atoms with Gasteiger partial charge in [-0.2, -0.15) is 0 Å². The van der Waals surface area contributed by atoms with Crippen molar-refractivity contribution in [1.29, 1.82) is 0 Å². The lowest BCUT2D eigenvalue weighted by Crippen LogP contribution is -2.45. The molecule has 0 bridgehead atoms. The SMILES string of the molecule is Cl.c1cc(COc2ccc(CN3CCNCC3c3ccncc3)cc2)ccn1. The molecule has 0 radical (unpaired) electrons. The molecule has 1 aliphatic heterocycles. The number of hydrogen-bond acceptors (Lipinski definition) is 5. The number of nitrogens with one attached hydrogen (secondary N) is 1. The van der Waals surface area contributed by atoms with Crippen LogP contribution in [0.4, 0.5) is 0 Å². The van der Waals surface area contributed by atoms with Gasteiger partial charge in [0.1, 0.15) is 12.4 Å². The van der Waals surface area contributed by atoms with Gasteiger partial charge in [0.05, 0.1) is 0 Å². The monoisotopic (exact) mass is 396 g/mol. The first-order chi connectivity index (χ1) is 13.4. The van der Waals surface area contributed by atoms with Crippen molar-refractivity contribution in [3.8, 4) is 5.75 Å². The van der Waals surface area contributed by atoms with Gasteiger partial charge in [0.2, 0.25) is 0 Å². The van der Waals surface area contributed by atoms with Crippen LogP contribution in [0.15, 0.2) is 73.3 Å². The number of piperazine rings is 1. The highest BCUT2D eigenvalue weighted by Crippen LogP contribution is 2.24. The van der Waals surface area contributed by atoms with Crippen molar-refractivity contribution in [1.82, 2.24) is 20.2 Å². The van der Waals surface area contributed by atoms with Gasteiger partial charge in [-0.05, 0) is 53.1 Å². The van der Waals surface area contributed by atoms with E-state index in [1.807, 2.05) is 24.5 Å². The third-order valence-electron chi connectivity index (χ3n) is 4.91. The van der Waals surface area contributed by atoms with Crippen LogP contribution in [0, 0.1) is 0 Å². The molecule has 1 aromatic carbocycles. The quantitative estimate of drug-likeness (QED) is 0.689. The number of hydrogen-bond donors (Lipinski definition) is 1. The number of nitrogens with zero attached hydrogens (tertiary/aromatic N) is 3. The van der Waals surface area contributed by atoms with E-state index in [4.69, 9.17) is 4.74 Å². The van der Waals surface area contributed by atoms with Crippen molar-refractivity contribution >= 4 is 12.4 Å². The van der Waals surface area contributed by atoms with Gasteiger partial charge in [-0.1, -0.05) is 12.1 Å². The molecule has 3 heterocycles. The topological polar surface area (TPSA) is 50.3 Å². The Morgan fingerprint density at radius 3 is 2.29 bits per heavy atom. The molecular weight excluding hydrogens is 372 g/mol. The summed E-state index contributed by atoms with van der Waals surface area (Å²) in [4.78, 5) is 10.7. The second-order valence-electron chi connectivity index (χ2n) is 6.76. The van der Waals surface area contributed by atoms with E-state index in [9.17, 15) is 0 Å². The summed E-state index contributed by atoms with van der Waals surface area (Å²) >= 11 is 0. The molecule has 146 valence electrons. The summed E-state index contributed by atoms with van der Waals surface area (Å²) in [5.74, 6) is 0.890. The maximum atomic E-state index is 5.87. The summed E-state index contributed by atoms with van der Waals surface area (Å²) < 4.78 is 5.87. The number of pyridine rings is 2. The molecule has 0 aliphatic carbocycles. The number of halogens is 1. The lowest BCUT2D eigenvalue weighted by atomic mass is 10.0. The van der Waals surface area contributed by atoms with Crippen LogP contribution < -0.4 is 10.1 Å². The van der Waals surface area contributed by atoms with Gasteiger partial charge >= 0.3 is 0 Å². The fraction of sp³-hybridized carbons (Fsp3) is 0.273. The normalized spacial score (nSPS) is 16.9. The predicted molar refractivity (Wildman–Crippen MR) is 113 cm³/mol. The third kappa shape index (κ3) is 5.29. The molecule has 1 aliphatic rings. The molecule has 28 heavy (non-hydrogen) atoms.